The molecule has 0 aromatic heterocycles. The van der Waals surface area contributed by atoms with Crippen molar-refractivity contribution in [1.82, 2.24) is 0 Å². The number of hydrogen-bond donors (Lipinski definition) is 1. The summed E-state index contributed by atoms with van der Waals surface area (Å²) in [5, 5.41) is 13.7. The van der Waals surface area contributed by atoms with E-state index in [9.17, 15) is 24.5 Å². The number of amides is 3. The van der Waals surface area contributed by atoms with Crippen LogP contribution in [0.5, 0.6) is 0 Å². The number of nitro groups is 1. The van der Waals surface area contributed by atoms with Gasteiger partial charge in [0.2, 0.25) is 11.8 Å². The fourth-order valence-corrected chi connectivity index (χ4v) is 3.30. The molecule has 1 heterocycles. The maximum absolute atomic E-state index is 12.8. The van der Waals surface area contributed by atoms with Crippen molar-refractivity contribution >= 4 is 57.0 Å². The molecule has 0 unspecified atom stereocenters. The van der Waals surface area contributed by atoms with Crippen LogP contribution in [0.2, 0.25) is 0 Å². The molecule has 8 nitrogen and oxygen atoms in total. The number of nitro benzene ring substituents is 1. The molecule has 1 aliphatic heterocycles. The van der Waals surface area contributed by atoms with E-state index in [-0.39, 0.29) is 27.5 Å². The minimum Gasteiger partial charge on any atom is -0.321 e. The summed E-state index contributed by atoms with van der Waals surface area (Å²) in [4.78, 5) is 47.7. The predicted octanol–water partition coefficient (Wildman–Crippen LogP) is 3.55. The quantitative estimate of drug-likeness (QED) is 0.482. The lowest BCUT2D eigenvalue weighted by atomic mass is 10.0. The Morgan fingerprint density at radius 1 is 1.14 bits per heavy atom. The van der Waals surface area contributed by atoms with Crippen LogP contribution in [-0.4, -0.2) is 22.6 Å². The molecule has 1 aliphatic rings. The second-order valence-electron chi connectivity index (χ2n) is 6.04. The van der Waals surface area contributed by atoms with Gasteiger partial charge in [-0.2, -0.15) is 0 Å². The van der Waals surface area contributed by atoms with E-state index in [2.05, 4.69) is 5.32 Å². The number of rotatable bonds is 3. The molecule has 28 heavy (non-hydrogen) atoms. The van der Waals surface area contributed by atoms with E-state index in [0.29, 0.717) is 11.3 Å². The molecule has 0 bridgehead atoms. The van der Waals surface area contributed by atoms with Crippen LogP contribution >= 0.6 is 11.6 Å². The molecule has 0 radical (unpaired) electrons. The molecule has 1 N–H and O–H groups in total. The topological polar surface area (TPSA) is 110 Å². The highest BCUT2D eigenvalue weighted by Crippen LogP contribution is 2.43. The minimum absolute atomic E-state index is 0.0132. The second kappa shape index (κ2) is 7.24. The highest BCUT2D eigenvalue weighted by molar-refractivity contribution is 6.60. The van der Waals surface area contributed by atoms with Crippen LogP contribution in [0.3, 0.4) is 0 Å². The first kappa shape index (κ1) is 19.2. The lowest BCUT2D eigenvalue weighted by molar-refractivity contribution is -0.383. The number of benzene rings is 2. The van der Waals surface area contributed by atoms with Crippen LogP contribution in [0.15, 0.2) is 42.5 Å². The molecule has 0 saturated heterocycles. The normalized spacial score (nSPS) is 14.5. The Balaban J connectivity index is 2.19. The number of nitrogens with zero attached hydrogens (tertiary/aromatic N) is 2. The SMILES string of the molecule is CC(=O)Nc1ccc(C(Cl)=C2C(=O)N(C(C)=O)c3ccccc32)cc1[N+](=O)[O-]. The van der Waals surface area contributed by atoms with Gasteiger partial charge in [-0.25, -0.2) is 4.90 Å². The molecule has 2 aromatic rings. The Kier molecular flexibility index (Phi) is 4.98. The number of anilines is 2. The molecule has 2 aromatic carbocycles. The third kappa shape index (κ3) is 3.25. The van der Waals surface area contributed by atoms with Crippen molar-refractivity contribution in [2.45, 2.75) is 13.8 Å². The van der Waals surface area contributed by atoms with Crippen molar-refractivity contribution in [2.24, 2.45) is 0 Å². The number of nitrogens with one attached hydrogen (secondary N) is 1. The van der Waals surface area contributed by atoms with Crippen molar-refractivity contribution in [3.8, 4) is 0 Å². The zero-order valence-corrected chi connectivity index (χ0v) is 15.6. The van der Waals surface area contributed by atoms with Crippen molar-refractivity contribution in [3.05, 3.63) is 63.7 Å². The molecule has 0 fully saturated rings. The Morgan fingerprint density at radius 3 is 2.43 bits per heavy atom. The summed E-state index contributed by atoms with van der Waals surface area (Å²) in [5.41, 5.74) is 0.798. The van der Waals surface area contributed by atoms with Gasteiger partial charge in [0.05, 0.1) is 21.2 Å². The Morgan fingerprint density at radius 2 is 1.82 bits per heavy atom. The third-order valence-electron chi connectivity index (χ3n) is 4.12. The molecule has 142 valence electrons. The molecule has 0 atom stereocenters. The first-order chi connectivity index (χ1) is 13.2. The molecule has 0 saturated carbocycles. The molecule has 0 aliphatic carbocycles. The average molecular weight is 400 g/mol. The summed E-state index contributed by atoms with van der Waals surface area (Å²) < 4.78 is 0. The van der Waals surface area contributed by atoms with E-state index >= 15 is 0 Å². The average Bonchev–Trinajstić information content (AvgIpc) is 2.92. The van der Waals surface area contributed by atoms with Crippen LogP contribution in [-0.2, 0) is 14.4 Å². The molecule has 3 amide bonds. The van der Waals surface area contributed by atoms with Gasteiger partial charge in [0.1, 0.15) is 5.69 Å². The molecule has 9 heteroatoms. The molecule has 3 rings (SSSR count). The Bertz CT molecular complexity index is 1080. The monoisotopic (exact) mass is 399 g/mol. The number of carbonyl (C=O) groups is 3. The van der Waals surface area contributed by atoms with E-state index in [4.69, 9.17) is 11.6 Å². The van der Waals surface area contributed by atoms with Crippen LogP contribution in [0.25, 0.3) is 10.6 Å². The van der Waals surface area contributed by atoms with Crippen molar-refractivity contribution in [2.75, 3.05) is 10.2 Å². The maximum Gasteiger partial charge on any atom is 0.293 e. The smallest absolute Gasteiger partial charge is 0.293 e. The van der Waals surface area contributed by atoms with Crippen LogP contribution in [0, 0.1) is 10.1 Å². The first-order valence-electron chi connectivity index (χ1n) is 8.13. The number of para-hydroxylation sites is 1. The zero-order valence-electron chi connectivity index (χ0n) is 14.9. The number of fused-ring (bicyclic) bond motifs is 1. The number of carbonyl (C=O) groups excluding carboxylic acids is 3. The number of hydrogen-bond acceptors (Lipinski definition) is 5. The zero-order chi connectivity index (χ0) is 20.6. The van der Waals surface area contributed by atoms with E-state index in [1.807, 2.05) is 0 Å². The summed E-state index contributed by atoms with van der Waals surface area (Å²) in [6.45, 7) is 2.50. The fourth-order valence-electron chi connectivity index (χ4n) is 3.00. The van der Waals surface area contributed by atoms with Gasteiger partial charge in [-0.3, -0.25) is 24.5 Å². The maximum atomic E-state index is 12.8. The van der Waals surface area contributed by atoms with Crippen molar-refractivity contribution < 1.29 is 19.3 Å². The van der Waals surface area contributed by atoms with E-state index in [1.165, 1.54) is 32.0 Å². The third-order valence-corrected chi connectivity index (χ3v) is 4.53. The predicted molar refractivity (Wildman–Crippen MR) is 105 cm³/mol. The van der Waals surface area contributed by atoms with Gasteiger partial charge in [0, 0.05) is 31.0 Å². The lowest BCUT2D eigenvalue weighted by Crippen LogP contribution is -2.31. The summed E-state index contributed by atoms with van der Waals surface area (Å²) >= 11 is 6.45. The van der Waals surface area contributed by atoms with Crippen LogP contribution in [0.1, 0.15) is 25.0 Å². The van der Waals surface area contributed by atoms with Gasteiger partial charge < -0.3 is 5.32 Å². The lowest BCUT2D eigenvalue weighted by Gasteiger charge is -2.11. The van der Waals surface area contributed by atoms with E-state index in [0.717, 1.165) is 4.90 Å². The second-order valence-corrected chi connectivity index (χ2v) is 6.41. The molecular weight excluding hydrogens is 386 g/mol. The summed E-state index contributed by atoms with van der Waals surface area (Å²) in [6, 6.07) is 10.6. The number of imide groups is 1. The highest BCUT2D eigenvalue weighted by Gasteiger charge is 2.37. The largest absolute Gasteiger partial charge is 0.321 e. The molecule has 0 spiro atoms. The molecular formula is C19H14ClN3O5. The fraction of sp³-hybridized carbons (Fsp3) is 0.105. The van der Waals surface area contributed by atoms with Gasteiger partial charge in [0.25, 0.3) is 11.6 Å². The van der Waals surface area contributed by atoms with Crippen LogP contribution in [0.4, 0.5) is 17.1 Å². The number of halogens is 1. The van der Waals surface area contributed by atoms with Gasteiger partial charge in [-0.1, -0.05) is 35.9 Å². The summed E-state index contributed by atoms with van der Waals surface area (Å²) in [6.07, 6.45) is 0. The summed E-state index contributed by atoms with van der Waals surface area (Å²) in [5.74, 6) is -1.53. The first-order valence-corrected chi connectivity index (χ1v) is 8.50. The minimum atomic E-state index is -0.657. The van der Waals surface area contributed by atoms with Crippen molar-refractivity contribution in [3.63, 3.8) is 0 Å². The Labute approximate surface area is 164 Å². The Hall–Kier alpha value is -3.52. The van der Waals surface area contributed by atoms with Crippen molar-refractivity contribution in [1.29, 1.82) is 0 Å². The summed E-state index contributed by atoms with van der Waals surface area (Å²) in [7, 11) is 0. The highest BCUT2D eigenvalue weighted by atomic mass is 35.5. The van der Waals surface area contributed by atoms with Gasteiger partial charge in [-0.05, 0) is 12.1 Å². The van der Waals surface area contributed by atoms with E-state index < -0.39 is 22.6 Å². The van der Waals surface area contributed by atoms with Gasteiger partial charge >= 0.3 is 0 Å². The standard InChI is InChI=1S/C19H14ClN3O5/c1-10(24)21-14-8-7-12(9-16(14)23(27)28)18(20)17-13-5-3-4-6-15(13)22(11(2)25)19(17)26/h3-9H,1-2H3,(H,21,24). The van der Waals surface area contributed by atoms with Crippen LogP contribution < -0.4 is 10.2 Å². The van der Waals surface area contributed by atoms with Gasteiger partial charge in [0.15, 0.2) is 0 Å². The van der Waals surface area contributed by atoms with Gasteiger partial charge in [-0.15, -0.1) is 0 Å². The van der Waals surface area contributed by atoms with E-state index in [1.54, 1.807) is 24.3 Å².